The minimum atomic E-state index is 0.0694. The summed E-state index contributed by atoms with van der Waals surface area (Å²) in [6.45, 7) is 2.05. The molecule has 0 aliphatic heterocycles. The standard InChI is InChI=1S/C20H16OS/c1-15-14-17(20(21)16-8-4-2-5-9-16)12-13-19(15)22-18-10-6-3-7-11-18/h2-14H,1H3. The van der Waals surface area contributed by atoms with Gasteiger partial charge in [0.05, 0.1) is 0 Å². The van der Waals surface area contributed by atoms with Crippen LogP contribution in [0, 0.1) is 6.92 Å². The van der Waals surface area contributed by atoms with Crippen LogP contribution in [0.3, 0.4) is 0 Å². The lowest BCUT2D eigenvalue weighted by atomic mass is 10.0. The van der Waals surface area contributed by atoms with Crippen molar-refractivity contribution in [3.05, 3.63) is 95.6 Å². The molecule has 0 bridgehead atoms. The predicted octanol–water partition coefficient (Wildman–Crippen LogP) is 5.38. The summed E-state index contributed by atoms with van der Waals surface area (Å²) in [7, 11) is 0. The fourth-order valence-corrected chi connectivity index (χ4v) is 3.18. The second-order valence-electron chi connectivity index (χ2n) is 5.09. The van der Waals surface area contributed by atoms with Crippen LogP contribution in [-0.2, 0) is 0 Å². The normalized spacial score (nSPS) is 10.4. The molecule has 1 nitrogen and oxygen atoms in total. The average molecular weight is 304 g/mol. The zero-order chi connectivity index (χ0) is 15.4. The van der Waals surface area contributed by atoms with Crippen molar-refractivity contribution in [2.45, 2.75) is 16.7 Å². The van der Waals surface area contributed by atoms with Gasteiger partial charge in [-0.2, -0.15) is 0 Å². The Hall–Kier alpha value is -2.32. The maximum atomic E-state index is 12.5. The molecule has 0 spiro atoms. The Labute approximate surface area is 135 Å². The molecule has 0 aliphatic carbocycles. The first-order valence-corrected chi connectivity index (χ1v) is 7.99. The number of aryl methyl sites for hydroxylation is 1. The highest BCUT2D eigenvalue weighted by molar-refractivity contribution is 7.99. The minimum Gasteiger partial charge on any atom is -0.289 e. The van der Waals surface area contributed by atoms with Gasteiger partial charge in [-0.15, -0.1) is 0 Å². The Kier molecular flexibility index (Phi) is 4.40. The fourth-order valence-electron chi connectivity index (χ4n) is 2.28. The molecule has 0 aromatic heterocycles. The lowest BCUT2D eigenvalue weighted by Crippen LogP contribution is -2.01. The molecule has 3 aromatic rings. The number of carbonyl (C=O) groups excluding carboxylic acids is 1. The third-order valence-electron chi connectivity index (χ3n) is 3.44. The summed E-state index contributed by atoms with van der Waals surface area (Å²) in [6, 6.07) is 25.6. The third-order valence-corrected chi connectivity index (χ3v) is 4.63. The summed E-state index contributed by atoms with van der Waals surface area (Å²) in [5.74, 6) is 0.0694. The molecular weight excluding hydrogens is 288 g/mol. The molecule has 0 atom stereocenters. The van der Waals surface area contributed by atoms with Crippen molar-refractivity contribution in [1.82, 2.24) is 0 Å². The molecule has 2 heteroatoms. The van der Waals surface area contributed by atoms with Crippen LogP contribution in [0.1, 0.15) is 21.5 Å². The highest BCUT2D eigenvalue weighted by Crippen LogP contribution is 2.30. The van der Waals surface area contributed by atoms with Gasteiger partial charge in [-0.25, -0.2) is 0 Å². The Bertz CT molecular complexity index is 779. The second kappa shape index (κ2) is 6.63. The lowest BCUT2D eigenvalue weighted by Gasteiger charge is -2.08. The molecule has 0 unspecified atom stereocenters. The van der Waals surface area contributed by atoms with Gasteiger partial charge in [-0.05, 0) is 42.8 Å². The van der Waals surface area contributed by atoms with Crippen molar-refractivity contribution in [2.24, 2.45) is 0 Å². The highest BCUT2D eigenvalue weighted by Gasteiger charge is 2.10. The van der Waals surface area contributed by atoms with E-state index in [1.807, 2.05) is 73.7 Å². The summed E-state index contributed by atoms with van der Waals surface area (Å²) in [5, 5.41) is 0. The number of ketones is 1. The van der Waals surface area contributed by atoms with E-state index in [1.54, 1.807) is 11.8 Å². The van der Waals surface area contributed by atoms with Crippen molar-refractivity contribution in [3.63, 3.8) is 0 Å². The summed E-state index contributed by atoms with van der Waals surface area (Å²) >= 11 is 1.72. The molecule has 0 N–H and O–H groups in total. The molecule has 0 fully saturated rings. The van der Waals surface area contributed by atoms with Gasteiger partial charge in [0, 0.05) is 20.9 Å². The van der Waals surface area contributed by atoms with Crippen molar-refractivity contribution in [1.29, 1.82) is 0 Å². The maximum absolute atomic E-state index is 12.5. The SMILES string of the molecule is Cc1cc(C(=O)c2ccccc2)ccc1Sc1ccccc1. The van der Waals surface area contributed by atoms with Gasteiger partial charge in [0.15, 0.2) is 5.78 Å². The van der Waals surface area contributed by atoms with Crippen LogP contribution in [-0.4, -0.2) is 5.78 Å². The highest BCUT2D eigenvalue weighted by atomic mass is 32.2. The maximum Gasteiger partial charge on any atom is 0.193 e. The van der Waals surface area contributed by atoms with Gasteiger partial charge in [-0.3, -0.25) is 4.79 Å². The summed E-state index contributed by atoms with van der Waals surface area (Å²) in [6.07, 6.45) is 0. The number of hydrogen-bond donors (Lipinski definition) is 0. The summed E-state index contributed by atoms with van der Waals surface area (Å²) in [5.41, 5.74) is 2.59. The number of rotatable bonds is 4. The van der Waals surface area contributed by atoms with Gasteiger partial charge >= 0.3 is 0 Å². The average Bonchev–Trinajstić information content (AvgIpc) is 2.58. The van der Waals surface area contributed by atoms with E-state index >= 15 is 0 Å². The quantitative estimate of drug-likeness (QED) is 0.602. The van der Waals surface area contributed by atoms with Crippen LogP contribution in [0.15, 0.2) is 88.7 Å². The Morgan fingerprint density at radius 3 is 2.05 bits per heavy atom. The Morgan fingerprint density at radius 1 is 0.773 bits per heavy atom. The smallest absolute Gasteiger partial charge is 0.193 e. The second-order valence-corrected chi connectivity index (χ2v) is 6.21. The van der Waals surface area contributed by atoms with Crippen molar-refractivity contribution in [3.8, 4) is 0 Å². The van der Waals surface area contributed by atoms with E-state index in [-0.39, 0.29) is 5.78 Å². The first kappa shape index (κ1) is 14.6. The van der Waals surface area contributed by atoms with Crippen LogP contribution in [0.2, 0.25) is 0 Å². The van der Waals surface area contributed by atoms with Crippen LogP contribution in [0.25, 0.3) is 0 Å². The van der Waals surface area contributed by atoms with Crippen LogP contribution in [0.5, 0.6) is 0 Å². The zero-order valence-corrected chi connectivity index (χ0v) is 13.1. The van der Waals surface area contributed by atoms with E-state index in [9.17, 15) is 4.79 Å². The lowest BCUT2D eigenvalue weighted by molar-refractivity contribution is 0.103. The van der Waals surface area contributed by atoms with E-state index < -0.39 is 0 Å². The monoisotopic (exact) mass is 304 g/mol. The van der Waals surface area contributed by atoms with Gasteiger partial charge in [0.1, 0.15) is 0 Å². The van der Waals surface area contributed by atoms with Gasteiger partial charge < -0.3 is 0 Å². The molecule has 0 radical (unpaired) electrons. The van der Waals surface area contributed by atoms with Gasteiger partial charge in [0.25, 0.3) is 0 Å². The van der Waals surface area contributed by atoms with E-state index in [0.717, 1.165) is 16.7 Å². The predicted molar refractivity (Wildman–Crippen MR) is 91.6 cm³/mol. The molecule has 3 aromatic carbocycles. The number of hydrogen-bond acceptors (Lipinski definition) is 2. The number of carbonyl (C=O) groups is 1. The number of benzene rings is 3. The molecule has 3 rings (SSSR count). The Morgan fingerprint density at radius 2 is 1.41 bits per heavy atom. The molecule has 108 valence electrons. The Balaban J connectivity index is 1.85. The third kappa shape index (κ3) is 3.29. The van der Waals surface area contributed by atoms with Gasteiger partial charge in [-0.1, -0.05) is 60.3 Å². The molecular formula is C20H16OS. The van der Waals surface area contributed by atoms with Crippen molar-refractivity contribution >= 4 is 17.5 Å². The molecule has 22 heavy (non-hydrogen) atoms. The van der Waals surface area contributed by atoms with Crippen LogP contribution < -0.4 is 0 Å². The van der Waals surface area contributed by atoms with Gasteiger partial charge in [0.2, 0.25) is 0 Å². The molecule has 0 heterocycles. The van der Waals surface area contributed by atoms with Crippen LogP contribution >= 0.6 is 11.8 Å². The molecule has 0 amide bonds. The van der Waals surface area contributed by atoms with E-state index in [0.29, 0.717) is 0 Å². The summed E-state index contributed by atoms with van der Waals surface area (Å²) in [4.78, 5) is 14.8. The zero-order valence-electron chi connectivity index (χ0n) is 12.3. The van der Waals surface area contributed by atoms with E-state index in [4.69, 9.17) is 0 Å². The first-order valence-electron chi connectivity index (χ1n) is 7.17. The van der Waals surface area contributed by atoms with E-state index in [1.165, 1.54) is 9.79 Å². The molecule has 0 saturated heterocycles. The van der Waals surface area contributed by atoms with Crippen molar-refractivity contribution < 1.29 is 4.79 Å². The van der Waals surface area contributed by atoms with E-state index in [2.05, 4.69) is 12.1 Å². The largest absolute Gasteiger partial charge is 0.289 e. The molecule has 0 saturated carbocycles. The minimum absolute atomic E-state index is 0.0694. The molecule has 0 aliphatic rings. The first-order chi connectivity index (χ1) is 10.7. The van der Waals surface area contributed by atoms with Crippen molar-refractivity contribution in [2.75, 3.05) is 0 Å². The topological polar surface area (TPSA) is 17.1 Å². The summed E-state index contributed by atoms with van der Waals surface area (Å²) < 4.78 is 0. The van der Waals surface area contributed by atoms with Crippen LogP contribution in [0.4, 0.5) is 0 Å². The fraction of sp³-hybridized carbons (Fsp3) is 0.0500.